The third-order valence-corrected chi connectivity index (χ3v) is 2.04. The van der Waals surface area contributed by atoms with Crippen LogP contribution in [-0.4, -0.2) is 15.9 Å². The van der Waals surface area contributed by atoms with E-state index in [0.717, 1.165) is 6.42 Å². The molecule has 1 fully saturated rings. The molecule has 0 aromatic carbocycles. The van der Waals surface area contributed by atoms with Crippen molar-refractivity contribution >= 4 is 34.3 Å². The molecule has 1 rings (SSSR count). The van der Waals surface area contributed by atoms with E-state index in [-0.39, 0.29) is 23.2 Å². The summed E-state index contributed by atoms with van der Waals surface area (Å²) in [5, 5.41) is 8.19. The first-order chi connectivity index (χ1) is 3.22. The van der Waals surface area contributed by atoms with Crippen molar-refractivity contribution in [1.82, 2.24) is 0 Å². The molecule has 0 bridgehead atoms. The van der Waals surface area contributed by atoms with Gasteiger partial charge in [-0.25, -0.2) is 0 Å². The minimum Gasteiger partial charge on any atom is -0.481 e. The Morgan fingerprint density at radius 2 is 2.12 bits per heavy atom. The molecule has 1 aliphatic carbocycles. The summed E-state index contributed by atoms with van der Waals surface area (Å²) in [7, 11) is 0. The van der Waals surface area contributed by atoms with E-state index in [4.69, 9.17) is 5.11 Å². The second-order valence-electron chi connectivity index (χ2n) is 1.70. The summed E-state index contributed by atoms with van der Waals surface area (Å²) < 4.78 is 0. The first kappa shape index (κ1) is 8.24. The van der Waals surface area contributed by atoms with Crippen LogP contribution >= 0.6 is 28.3 Å². The first-order valence-corrected chi connectivity index (χ1v) is 3.00. The third-order valence-electron chi connectivity index (χ3n) is 1.03. The summed E-state index contributed by atoms with van der Waals surface area (Å²) in [6.07, 6.45) is 0.801. The molecule has 48 valence electrons. The minimum absolute atomic E-state index is 0. The number of carboxylic acids is 1. The van der Waals surface area contributed by atoms with Gasteiger partial charge >= 0.3 is 5.97 Å². The van der Waals surface area contributed by atoms with Crippen molar-refractivity contribution < 1.29 is 9.90 Å². The van der Waals surface area contributed by atoms with Gasteiger partial charge in [-0.05, 0) is 6.42 Å². The van der Waals surface area contributed by atoms with E-state index >= 15 is 0 Å². The van der Waals surface area contributed by atoms with E-state index < -0.39 is 5.97 Å². The number of hydrogen-bond acceptors (Lipinski definition) is 1. The first-order valence-electron chi connectivity index (χ1n) is 2.08. The summed E-state index contributed by atoms with van der Waals surface area (Å²) in [4.78, 5) is 10.2. The molecule has 8 heavy (non-hydrogen) atoms. The molecule has 0 spiro atoms. The Balaban J connectivity index is 0.000000490. The van der Waals surface area contributed by atoms with Gasteiger partial charge < -0.3 is 5.11 Å². The van der Waals surface area contributed by atoms with Crippen LogP contribution in [0, 0.1) is 5.92 Å². The monoisotopic (exact) mass is 200 g/mol. The van der Waals surface area contributed by atoms with E-state index in [1.54, 1.807) is 0 Å². The fraction of sp³-hybridized carbons (Fsp3) is 0.750. The largest absolute Gasteiger partial charge is 0.481 e. The molecular weight excluding hydrogens is 195 g/mol. The number of rotatable bonds is 1. The Morgan fingerprint density at radius 1 is 1.75 bits per heavy atom. The van der Waals surface area contributed by atoms with Crippen molar-refractivity contribution in [2.75, 3.05) is 0 Å². The molecule has 2 nitrogen and oxygen atoms in total. The van der Waals surface area contributed by atoms with E-state index in [2.05, 4.69) is 15.9 Å². The van der Waals surface area contributed by atoms with Crippen LogP contribution in [0.25, 0.3) is 0 Å². The highest BCUT2D eigenvalue weighted by molar-refractivity contribution is 9.09. The molecule has 0 aromatic rings. The molecule has 0 saturated heterocycles. The predicted octanol–water partition coefficient (Wildman–Crippen LogP) is 1.28. The fourth-order valence-corrected chi connectivity index (χ4v) is 1.05. The molecule has 4 heteroatoms. The van der Waals surface area contributed by atoms with E-state index in [1.807, 2.05) is 0 Å². The van der Waals surface area contributed by atoms with Crippen LogP contribution in [0.15, 0.2) is 0 Å². The van der Waals surface area contributed by atoms with Crippen molar-refractivity contribution in [2.24, 2.45) is 5.92 Å². The van der Waals surface area contributed by atoms with Crippen LogP contribution in [0.3, 0.4) is 0 Å². The lowest BCUT2D eigenvalue weighted by Gasteiger charge is -1.78. The standard InChI is InChI=1S/C4H5BrO2.ClH/c5-3-1-2(3)4(6)7;/h2-3H,1H2,(H,6,7);1H/t2-,3-;/m1./s1. The van der Waals surface area contributed by atoms with Gasteiger partial charge in [-0.15, -0.1) is 12.4 Å². The summed E-state index contributed by atoms with van der Waals surface area (Å²) in [5.41, 5.74) is 0. The van der Waals surface area contributed by atoms with E-state index in [1.165, 1.54) is 0 Å². The summed E-state index contributed by atoms with van der Waals surface area (Å²) in [5.74, 6) is -0.776. The zero-order chi connectivity index (χ0) is 5.44. The lowest BCUT2D eigenvalue weighted by Crippen LogP contribution is -1.97. The number of alkyl halides is 1. The molecule has 2 atom stereocenters. The maximum Gasteiger partial charge on any atom is 0.307 e. The van der Waals surface area contributed by atoms with Gasteiger partial charge in [-0.1, -0.05) is 15.9 Å². The summed E-state index contributed by atoms with van der Waals surface area (Å²) in [6.45, 7) is 0. The average molecular weight is 201 g/mol. The third kappa shape index (κ3) is 1.63. The van der Waals surface area contributed by atoms with Crippen LogP contribution in [0.2, 0.25) is 0 Å². The zero-order valence-corrected chi connectivity index (χ0v) is 6.41. The Morgan fingerprint density at radius 3 is 2.12 bits per heavy atom. The molecule has 0 unspecified atom stereocenters. The van der Waals surface area contributed by atoms with Crippen molar-refractivity contribution in [3.63, 3.8) is 0 Å². The molecule has 1 aliphatic rings. The second-order valence-corrected chi connectivity index (χ2v) is 2.87. The van der Waals surface area contributed by atoms with Crippen LogP contribution in [0.5, 0.6) is 0 Å². The van der Waals surface area contributed by atoms with Gasteiger partial charge in [0.1, 0.15) is 0 Å². The van der Waals surface area contributed by atoms with Crippen molar-refractivity contribution in [3.05, 3.63) is 0 Å². The Hall–Kier alpha value is 0.240. The van der Waals surface area contributed by atoms with Gasteiger partial charge in [0.25, 0.3) is 0 Å². The second kappa shape index (κ2) is 2.69. The number of halogens is 2. The molecule has 1 saturated carbocycles. The molecule has 1 N–H and O–H groups in total. The van der Waals surface area contributed by atoms with Crippen molar-refractivity contribution in [1.29, 1.82) is 0 Å². The van der Waals surface area contributed by atoms with Gasteiger partial charge in [-0.2, -0.15) is 0 Å². The highest BCUT2D eigenvalue weighted by Gasteiger charge is 2.40. The lowest BCUT2D eigenvalue weighted by molar-refractivity contribution is -0.138. The molecule has 0 radical (unpaired) electrons. The van der Waals surface area contributed by atoms with Crippen LogP contribution in [-0.2, 0) is 4.79 Å². The average Bonchev–Trinajstić information content (AvgIpc) is 2.17. The number of carboxylic acid groups (broad SMARTS) is 1. The quantitative estimate of drug-likeness (QED) is 0.649. The molecule has 0 aliphatic heterocycles. The van der Waals surface area contributed by atoms with Gasteiger partial charge in [0.05, 0.1) is 5.92 Å². The topological polar surface area (TPSA) is 37.3 Å². The number of hydrogen-bond donors (Lipinski definition) is 1. The van der Waals surface area contributed by atoms with Crippen molar-refractivity contribution in [2.45, 2.75) is 11.2 Å². The maximum atomic E-state index is 9.94. The molecule has 0 heterocycles. The van der Waals surface area contributed by atoms with Crippen LogP contribution < -0.4 is 0 Å². The fourth-order valence-electron chi connectivity index (χ4n) is 0.420. The van der Waals surface area contributed by atoms with Crippen LogP contribution in [0.4, 0.5) is 0 Å². The highest BCUT2D eigenvalue weighted by atomic mass is 79.9. The summed E-state index contributed by atoms with van der Waals surface area (Å²) >= 11 is 3.17. The highest BCUT2D eigenvalue weighted by Crippen LogP contribution is 2.37. The predicted molar refractivity (Wildman–Crippen MR) is 35.7 cm³/mol. The summed E-state index contributed by atoms with van der Waals surface area (Å²) in [6, 6.07) is 0. The molecular formula is C4H6BrClO2. The normalized spacial score (nSPS) is 33.1. The van der Waals surface area contributed by atoms with Crippen LogP contribution in [0.1, 0.15) is 6.42 Å². The molecule has 0 aromatic heterocycles. The number of carbonyl (C=O) groups is 1. The van der Waals surface area contributed by atoms with E-state index in [0.29, 0.717) is 0 Å². The zero-order valence-electron chi connectivity index (χ0n) is 4.00. The van der Waals surface area contributed by atoms with Gasteiger partial charge in [-0.3, -0.25) is 4.79 Å². The SMILES string of the molecule is Cl.O=C(O)[C@@H]1C[C@H]1Br. The lowest BCUT2D eigenvalue weighted by atomic mass is 10.5. The molecule has 0 amide bonds. The van der Waals surface area contributed by atoms with E-state index in [9.17, 15) is 4.79 Å². The maximum absolute atomic E-state index is 9.94. The Bertz CT molecular complexity index is 106. The Labute approximate surface area is 61.8 Å². The van der Waals surface area contributed by atoms with Gasteiger partial charge in [0.15, 0.2) is 0 Å². The van der Waals surface area contributed by atoms with Gasteiger partial charge in [0.2, 0.25) is 0 Å². The van der Waals surface area contributed by atoms with Crippen molar-refractivity contribution in [3.8, 4) is 0 Å². The minimum atomic E-state index is -0.679. The Kier molecular flexibility index (Phi) is 2.77. The van der Waals surface area contributed by atoms with Gasteiger partial charge in [0, 0.05) is 4.83 Å². The smallest absolute Gasteiger partial charge is 0.307 e. The number of aliphatic carboxylic acids is 1.